The molecule has 2 N–H and O–H groups in total. The van der Waals surface area contributed by atoms with Crippen LogP contribution in [0.3, 0.4) is 0 Å². The maximum absolute atomic E-state index is 11.8. The third-order valence-electron chi connectivity index (χ3n) is 3.76. The maximum atomic E-state index is 11.8. The normalized spacial score (nSPS) is 20.3. The average Bonchev–Trinajstić information content (AvgIpc) is 2.92. The molecule has 1 fully saturated rings. The topological polar surface area (TPSA) is 84.9 Å². The van der Waals surface area contributed by atoms with E-state index in [1.807, 2.05) is 30.3 Å². The molecule has 1 aromatic rings. The maximum Gasteiger partial charge on any atom is 0.309 e. The first-order chi connectivity index (χ1) is 10.6. The van der Waals surface area contributed by atoms with Crippen molar-refractivity contribution in [3.8, 4) is 0 Å². The van der Waals surface area contributed by atoms with Crippen LogP contribution in [0.15, 0.2) is 30.3 Å². The Hall–Kier alpha value is -1.92. The highest BCUT2D eigenvalue weighted by Gasteiger charge is 2.32. The second kappa shape index (κ2) is 7.91. The molecular weight excluding hydrogens is 286 g/mol. The van der Waals surface area contributed by atoms with Gasteiger partial charge in [0.05, 0.1) is 19.1 Å². The number of rotatable bonds is 7. The van der Waals surface area contributed by atoms with Gasteiger partial charge in [0.25, 0.3) is 5.91 Å². The van der Waals surface area contributed by atoms with Crippen LogP contribution >= 0.6 is 0 Å². The summed E-state index contributed by atoms with van der Waals surface area (Å²) in [5.41, 5.74) is 3.16. The van der Waals surface area contributed by atoms with Gasteiger partial charge >= 0.3 is 5.97 Å². The van der Waals surface area contributed by atoms with Crippen LogP contribution in [0.25, 0.3) is 0 Å². The molecule has 2 rings (SSSR count). The van der Waals surface area contributed by atoms with Crippen LogP contribution in [0.1, 0.15) is 25.3 Å². The van der Waals surface area contributed by atoms with Crippen LogP contribution in [0.2, 0.25) is 0 Å². The second-order valence-electron chi connectivity index (χ2n) is 5.55. The van der Waals surface area contributed by atoms with Gasteiger partial charge in [-0.25, -0.2) is 5.48 Å². The third kappa shape index (κ3) is 4.54. The average molecular weight is 307 g/mol. The number of ether oxygens (including phenoxy) is 1. The minimum atomic E-state index is -1.22. The fraction of sp³-hybridized carbons (Fsp3) is 0.500. The summed E-state index contributed by atoms with van der Waals surface area (Å²) in [6.45, 7) is 2.37. The van der Waals surface area contributed by atoms with Crippen molar-refractivity contribution in [2.45, 2.75) is 32.5 Å². The van der Waals surface area contributed by atoms with Gasteiger partial charge in [0.15, 0.2) is 0 Å². The van der Waals surface area contributed by atoms with Gasteiger partial charge in [-0.05, 0) is 24.3 Å². The van der Waals surface area contributed by atoms with E-state index < -0.39 is 12.0 Å². The fourth-order valence-electron chi connectivity index (χ4n) is 2.41. The van der Waals surface area contributed by atoms with Crippen LogP contribution < -0.4 is 5.48 Å². The van der Waals surface area contributed by atoms with Crippen LogP contribution in [0, 0.1) is 11.8 Å². The number of benzene rings is 1. The molecule has 22 heavy (non-hydrogen) atoms. The van der Waals surface area contributed by atoms with Gasteiger partial charge in [-0.3, -0.25) is 14.4 Å². The molecule has 1 aromatic carbocycles. The number of carbonyl (C=O) groups excluding carboxylic acids is 2. The first-order valence-electron chi connectivity index (χ1n) is 7.38. The number of cyclic esters (lactones) is 1. The van der Waals surface area contributed by atoms with Crippen molar-refractivity contribution in [1.29, 1.82) is 0 Å². The molecule has 1 aliphatic rings. The van der Waals surface area contributed by atoms with E-state index in [2.05, 4.69) is 5.48 Å². The molecule has 1 heterocycles. The number of esters is 1. The molecule has 0 bridgehead atoms. The molecule has 0 radical (unpaired) electrons. The highest BCUT2D eigenvalue weighted by atomic mass is 16.7. The molecule has 3 unspecified atom stereocenters. The summed E-state index contributed by atoms with van der Waals surface area (Å²) < 4.78 is 4.87. The van der Waals surface area contributed by atoms with Crippen molar-refractivity contribution < 1.29 is 24.3 Å². The third-order valence-corrected chi connectivity index (χ3v) is 3.76. The van der Waals surface area contributed by atoms with Crippen molar-refractivity contribution in [1.82, 2.24) is 5.48 Å². The molecule has 1 saturated heterocycles. The zero-order valence-electron chi connectivity index (χ0n) is 12.5. The Kier molecular flexibility index (Phi) is 5.91. The van der Waals surface area contributed by atoms with E-state index in [1.165, 1.54) is 0 Å². The van der Waals surface area contributed by atoms with Gasteiger partial charge in [-0.1, -0.05) is 37.3 Å². The Bertz CT molecular complexity index is 505. The number of hydrogen-bond acceptors (Lipinski definition) is 5. The number of aliphatic hydroxyl groups is 1. The van der Waals surface area contributed by atoms with Crippen LogP contribution in [0.5, 0.6) is 0 Å². The van der Waals surface area contributed by atoms with Crippen molar-refractivity contribution in [3.63, 3.8) is 0 Å². The van der Waals surface area contributed by atoms with Gasteiger partial charge in [-0.2, -0.15) is 0 Å². The first-order valence-corrected chi connectivity index (χ1v) is 7.38. The highest BCUT2D eigenvalue weighted by molar-refractivity contribution is 5.80. The largest absolute Gasteiger partial charge is 0.465 e. The van der Waals surface area contributed by atoms with Gasteiger partial charge in [-0.15, -0.1) is 0 Å². The van der Waals surface area contributed by atoms with Crippen molar-refractivity contribution in [2.75, 3.05) is 6.61 Å². The van der Waals surface area contributed by atoms with E-state index in [1.54, 1.807) is 6.92 Å². The number of hydroxylamine groups is 1. The summed E-state index contributed by atoms with van der Waals surface area (Å²) in [4.78, 5) is 28.3. The first kappa shape index (κ1) is 16.5. The zero-order valence-corrected chi connectivity index (χ0v) is 12.5. The standard InChI is InChI=1S/C16H21NO5/c1-11(9-13-7-8-21-16(13)20)14(18)15(19)17-22-10-12-5-3-2-4-6-12/h2-6,11,13-14,18H,7-10H2,1H3,(H,17,19). The lowest BCUT2D eigenvalue weighted by atomic mass is 9.90. The van der Waals surface area contributed by atoms with Crippen LogP contribution in [0.4, 0.5) is 0 Å². The van der Waals surface area contributed by atoms with Gasteiger partial charge < -0.3 is 9.84 Å². The fourth-order valence-corrected chi connectivity index (χ4v) is 2.41. The number of nitrogens with one attached hydrogen (secondary N) is 1. The minimum absolute atomic E-state index is 0.225. The van der Waals surface area contributed by atoms with Gasteiger partial charge in [0.2, 0.25) is 0 Å². The summed E-state index contributed by atoms with van der Waals surface area (Å²) in [5, 5.41) is 9.99. The van der Waals surface area contributed by atoms with Crippen LogP contribution in [-0.2, 0) is 25.8 Å². The molecular formula is C16H21NO5. The van der Waals surface area contributed by atoms with E-state index in [-0.39, 0.29) is 24.4 Å². The number of carbonyl (C=O) groups is 2. The Morgan fingerprint density at radius 2 is 2.18 bits per heavy atom. The predicted molar refractivity (Wildman–Crippen MR) is 78.2 cm³/mol. The van der Waals surface area contributed by atoms with Crippen molar-refractivity contribution >= 4 is 11.9 Å². The summed E-state index contributed by atoms with van der Waals surface area (Å²) in [6, 6.07) is 9.38. The Morgan fingerprint density at radius 1 is 1.45 bits per heavy atom. The Morgan fingerprint density at radius 3 is 2.82 bits per heavy atom. The molecule has 6 nitrogen and oxygen atoms in total. The molecule has 3 atom stereocenters. The number of aliphatic hydroxyl groups excluding tert-OH is 1. The summed E-state index contributed by atoms with van der Waals surface area (Å²) in [7, 11) is 0. The van der Waals surface area contributed by atoms with Crippen LogP contribution in [-0.4, -0.2) is 29.7 Å². The summed E-state index contributed by atoms with van der Waals surface area (Å²) in [5.74, 6) is -1.44. The highest BCUT2D eigenvalue weighted by Crippen LogP contribution is 2.24. The van der Waals surface area contributed by atoms with E-state index in [0.29, 0.717) is 19.4 Å². The van der Waals surface area contributed by atoms with Gasteiger partial charge in [0, 0.05) is 0 Å². The lowest BCUT2D eigenvalue weighted by Crippen LogP contribution is -2.39. The number of amides is 1. The Labute approximate surface area is 129 Å². The Balaban J connectivity index is 1.72. The molecule has 0 aliphatic carbocycles. The zero-order chi connectivity index (χ0) is 15.9. The lowest BCUT2D eigenvalue weighted by Gasteiger charge is -2.19. The molecule has 0 aromatic heterocycles. The predicted octanol–water partition coefficient (Wildman–Crippen LogP) is 1.18. The summed E-state index contributed by atoms with van der Waals surface area (Å²) >= 11 is 0. The van der Waals surface area contributed by atoms with E-state index in [4.69, 9.17) is 9.57 Å². The van der Waals surface area contributed by atoms with Gasteiger partial charge in [0.1, 0.15) is 6.10 Å². The monoisotopic (exact) mass is 307 g/mol. The van der Waals surface area contributed by atoms with E-state index in [9.17, 15) is 14.7 Å². The molecule has 120 valence electrons. The van der Waals surface area contributed by atoms with E-state index in [0.717, 1.165) is 5.56 Å². The lowest BCUT2D eigenvalue weighted by molar-refractivity contribution is -0.148. The molecule has 6 heteroatoms. The molecule has 0 saturated carbocycles. The number of hydrogen-bond donors (Lipinski definition) is 2. The second-order valence-corrected chi connectivity index (χ2v) is 5.55. The van der Waals surface area contributed by atoms with Crippen molar-refractivity contribution in [2.24, 2.45) is 11.8 Å². The minimum Gasteiger partial charge on any atom is -0.465 e. The smallest absolute Gasteiger partial charge is 0.309 e. The molecule has 1 amide bonds. The molecule has 0 spiro atoms. The van der Waals surface area contributed by atoms with E-state index >= 15 is 0 Å². The summed E-state index contributed by atoms with van der Waals surface area (Å²) in [6.07, 6.45) is -0.155. The SMILES string of the molecule is CC(CC1CCOC1=O)C(O)C(=O)NOCc1ccccc1. The quantitative estimate of drug-likeness (QED) is 0.584. The molecule has 1 aliphatic heterocycles. The van der Waals surface area contributed by atoms with Crippen molar-refractivity contribution in [3.05, 3.63) is 35.9 Å².